The van der Waals surface area contributed by atoms with E-state index in [1.165, 1.54) is 16.9 Å². The maximum Gasteiger partial charge on any atom is 0.252 e. The van der Waals surface area contributed by atoms with Crippen LogP contribution in [0.3, 0.4) is 0 Å². The summed E-state index contributed by atoms with van der Waals surface area (Å²) in [6.07, 6.45) is 0.297. The van der Waals surface area contributed by atoms with Gasteiger partial charge in [-0.05, 0) is 43.2 Å². The predicted octanol–water partition coefficient (Wildman–Crippen LogP) is 4.29. The molecule has 6 heteroatoms. The molecule has 0 N–H and O–H groups in total. The van der Waals surface area contributed by atoms with Crippen molar-refractivity contribution in [1.82, 2.24) is 4.57 Å². The molecule has 0 bridgehead atoms. The van der Waals surface area contributed by atoms with Gasteiger partial charge in [-0.3, -0.25) is 4.79 Å². The Kier molecular flexibility index (Phi) is 5.91. The number of benzene rings is 2. The van der Waals surface area contributed by atoms with Gasteiger partial charge in [-0.2, -0.15) is 4.99 Å². The van der Waals surface area contributed by atoms with Crippen molar-refractivity contribution in [2.75, 3.05) is 13.7 Å². The number of amides is 1. The zero-order valence-corrected chi connectivity index (χ0v) is 16.7. The number of thiazole rings is 1. The Morgan fingerprint density at radius 1 is 1.23 bits per heavy atom. The summed E-state index contributed by atoms with van der Waals surface area (Å²) < 4.78 is 8.22. The number of methoxy groups -OCH3 is 1. The molecule has 26 heavy (non-hydrogen) atoms. The lowest BCUT2D eigenvalue weighted by molar-refractivity contribution is -0.117. The average Bonchev–Trinajstić information content (AvgIpc) is 2.91. The van der Waals surface area contributed by atoms with Crippen molar-refractivity contribution in [1.29, 1.82) is 0 Å². The molecule has 0 aliphatic heterocycles. The molecule has 3 rings (SSSR count). The lowest BCUT2D eigenvalue weighted by Gasteiger charge is -2.05. The van der Waals surface area contributed by atoms with Crippen molar-refractivity contribution in [3.63, 3.8) is 0 Å². The van der Waals surface area contributed by atoms with E-state index in [2.05, 4.69) is 11.1 Å². The van der Waals surface area contributed by atoms with E-state index < -0.39 is 0 Å². The van der Waals surface area contributed by atoms with Gasteiger partial charge in [-0.25, -0.2) is 0 Å². The summed E-state index contributed by atoms with van der Waals surface area (Å²) in [6.45, 7) is 5.25. The summed E-state index contributed by atoms with van der Waals surface area (Å²) in [5, 5.41) is 0.672. The zero-order valence-electron chi connectivity index (χ0n) is 15.1. The third kappa shape index (κ3) is 4.23. The van der Waals surface area contributed by atoms with Crippen molar-refractivity contribution in [3.8, 4) is 0 Å². The molecule has 0 fully saturated rings. The molecule has 0 saturated heterocycles. The molecule has 2 aromatic carbocycles. The fourth-order valence-electron chi connectivity index (χ4n) is 2.88. The highest BCUT2D eigenvalue weighted by atomic mass is 35.5. The quantitative estimate of drug-likeness (QED) is 0.654. The smallest absolute Gasteiger partial charge is 0.252 e. The van der Waals surface area contributed by atoms with Crippen LogP contribution < -0.4 is 4.80 Å². The first-order valence-electron chi connectivity index (χ1n) is 8.39. The van der Waals surface area contributed by atoms with Crippen molar-refractivity contribution in [3.05, 3.63) is 62.9 Å². The number of aromatic nitrogens is 1. The molecule has 0 radical (unpaired) electrons. The number of ether oxygens (including phenoxy) is 1. The maximum atomic E-state index is 12.6. The van der Waals surface area contributed by atoms with E-state index in [0.29, 0.717) is 29.4 Å². The van der Waals surface area contributed by atoms with Crippen LogP contribution in [0.15, 0.2) is 41.4 Å². The van der Waals surface area contributed by atoms with Gasteiger partial charge in [0.1, 0.15) is 0 Å². The first-order valence-corrected chi connectivity index (χ1v) is 9.59. The molecule has 1 heterocycles. The summed E-state index contributed by atoms with van der Waals surface area (Å²) in [5.41, 5.74) is 4.32. The van der Waals surface area contributed by atoms with Crippen LogP contribution in [0, 0.1) is 13.8 Å². The highest BCUT2D eigenvalue weighted by molar-refractivity contribution is 7.16. The number of aryl methyl sites for hydroxylation is 2. The molecule has 0 atom stereocenters. The Labute approximate surface area is 161 Å². The van der Waals surface area contributed by atoms with Crippen LogP contribution in [0.2, 0.25) is 5.02 Å². The van der Waals surface area contributed by atoms with E-state index in [1.54, 1.807) is 7.11 Å². The third-order valence-corrected chi connectivity index (χ3v) is 5.50. The van der Waals surface area contributed by atoms with Crippen LogP contribution in [0.25, 0.3) is 10.2 Å². The molecule has 4 nitrogen and oxygen atoms in total. The van der Waals surface area contributed by atoms with E-state index in [-0.39, 0.29) is 5.91 Å². The fraction of sp³-hybridized carbons (Fsp3) is 0.300. The second-order valence-corrected chi connectivity index (χ2v) is 7.70. The minimum Gasteiger partial charge on any atom is -0.383 e. The SMILES string of the molecule is COCCn1c(=NC(=O)Cc2ccc(C)cc2C)sc2cc(Cl)ccc21. The van der Waals surface area contributed by atoms with Gasteiger partial charge in [0, 0.05) is 18.7 Å². The molecular weight excluding hydrogens is 368 g/mol. The van der Waals surface area contributed by atoms with Gasteiger partial charge in [-0.1, -0.05) is 46.7 Å². The third-order valence-electron chi connectivity index (χ3n) is 4.22. The zero-order chi connectivity index (χ0) is 18.7. The number of carbonyl (C=O) groups excluding carboxylic acids is 1. The van der Waals surface area contributed by atoms with Crippen molar-refractivity contribution >= 4 is 39.1 Å². The van der Waals surface area contributed by atoms with Crippen LogP contribution in [-0.4, -0.2) is 24.2 Å². The Balaban J connectivity index is 1.98. The monoisotopic (exact) mass is 388 g/mol. The number of fused-ring (bicyclic) bond motifs is 1. The number of hydrogen-bond donors (Lipinski definition) is 0. The van der Waals surface area contributed by atoms with Crippen molar-refractivity contribution < 1.29 is 9.53 Å². The molecule has 0 aliphatic carbocycles. The molecule has 0 saturated carbocycles. The molecule has 1 amide bonds. The maximum absolute atomic E-state index is 12.6. The van der Waals surface area contributed by atoms with Crippen molar-refractivity contribution in [2.24, 2.45) is 4.99 Å². The molecule has 1 aromatic heterocycles. The molecule has 0 unspecified atom stereocenters. The van der Waals surface area contributed by atoms with E-state index in [9.17, 15) is 4.79 Å². The molecular formula is C20H21ClN2O2S. The van der Waals surface area contributed by atoms with Gasteiger partial charge >= 0.3 is 0 Å². The lowest BCUT2D eigenvalue weighted by Crippen LogP contribution is -2.19. The Morgan fingerprint density at radius 2 is 2.04 bits per heavy atom. The molecule has 136 valence electrons. The minimum absolute atomic E-state index is 0.152. The highest BCUT2D eigenvalue weighted by Crippen LogP contribution is 2.22. The van der Waals surface area contributed by atoms with E-state index in [4.69, 9.17) is 16.3 Å². The Hall–Kier alpha value is -1.95. The van der Waals surface area contributed by atoms with Crippen LogP contribution in [0.1, 0.15) is 16.7 Å². The average molecular weight is 389 g/mol. The number of rotatable bonds is 5. The second kappa shape index (κ2) is 8.16. The Bertz CT molecular complexity index is 1020. The highest BCUT2D eigenvalue weighted by Gasteiger charge is 2.10. The summed E-state index contributed by atoms with van der Waals surface area (Å²) in [7, 11) is 1.66. The van der Waals surface area contributed by atoms with Crippen LogP contribution in [-0.2, 0) is 22.5 Å². The number of halogens is 1. The van der Waals surface area contributed by atoms with Crippen LogP contribution in [0.4, 0.5) is 0 Å². The Morgan fingerprint density at radius 3 is 2.77 bits per heavy atom. The van der Waals surface area contributed by atoms with Crippen molar-refractivity contribution in [2.45, 2.75) is 26.8 Å². The summed E-state index contributed by atoms with van der Waals surface area (Å²) >= 11 is 7.57. The van der Waals surface area contributed by atoms with Gasteiger partial charge in [-0.15, -0.1) is 0 Å². The van der Waals surface area contributed by atoms with E-state index >= 15 is 0 Å². The first-order chi connectivity index (χ1) is 12.5. The number of nitrogens with zero attached hydrogens (tertiary/aromatic N) is 2. The second-order valence-electron chi connectivity index (χ2n) is 6.25. The molecule has 0 aliphatic rings. The number of hydrogen-bond acceptors (Lipinski definition) is 3. The molecule has 3 aromatic rings. The van der Waals surface area contributed by atoms with Gasteiger partial charge in [0.25, 0.3) is 5.91 Å². The van der Waals surface area contributed by atoms with Gasteiger partial charge in [0.15, 0.2) is 4.80 Å². The summed E-state index contributed by atoms with van der Waals surface area (Å²) in [4.78, 5) is 17.6. The lowest BCUT2D eigenvalue weighted by atomic mass is 10.0. The predicted molar refractivity (Wildman–Crippen MR) is 107 cm³/mol. The normalized spacial score (nSPS) is 12.1. The number of carbonyl (C=O) groups is 1. The van der Waals surface area contributed by atoms with Crippen LogP contribution in [0.5, 0.6) is 0 Å². The summed E-state index contributed by atoms with van der Waals surface area (Å²) in [6, 6.07) is 11.8. The summed E-state index contributed by atoms with van der Waals surface area (Å²) in [5.74, 6) is -0.152. The largest absolute Gasteiger partial charge is 0.383 e. The first kappa shape index (κ1) is 18.8. The standard InChI is InChI=1S/C20H21ClN2O2S/c1-13-4-5-15(14(2)10-13)11-19(24)22-20-23(8-9-25-3)17-7-6-16(21)12-18(17)26-20/h4-7,10,12H,8-9,11H2,1-3H3. The van der Waals surface area contributed by atoms with Crippen LogP contribution >= 0.6 is 22.9 Å². The van der Waals surface area contributed by atoms with E-state index in [0.717, 1.165) is 21.3 Å². The van der Waals surface area contributed by atoms with Gasteiger partial charge in [0.2, 0.25) is 0 Å². The van der Waals surface area contributed by atoms with Gasteiger partial charge in [0.05, 0.1) is 23.2 Å². The van der Waals surface area contributed by atoms with E-state index in [1.807, 2.05) is 48.7 Å². The fourth-order valence-corrected chi connectivity index (χ4v) is 4.23. The minimum atomic E-state index is -0.152. The molecule has 0 spiro atoms. The topological polar surface area (TPSA) is 43.6 Å². The van der Waals surface area contributed by atoms with Gasteiger partial charge < -0.3 is 9.30 Å².